The van der Waals surface area contributed by atoms with Gasteiger partial charge in [0.2, 0.25) is 0 Å². The van der Waals surface area contributed by atoms with Gasteiger partial charge >= 0.3 is 246 Å². The second-order valence-electron chi connectivity index (χ2n) is 13.2. The zero-order valence-corrected chi connectivity index (χ0v) is 34.4. The van der Waals surface area contributed by atoms with Gasteiger partial charge in [-0.15, -0.1) is 0 Å². The quantitative estimate of drug-likeness (QED) is 0.0548. The van der Waals surface area contributed by atoms with Crippen molar-refractivity contribution in [3.05, 3.63) is 60.0 Å². The van der Waals surface area contributed by atoms with Gasteiger partial charge in [0.25, 0.3) is 0 Å². The van der Waals surface area contributed by atoms with E-state index in [2.05, 4.69) is 99.0 Å². The second-order valence-corrected chi connectivity index (χ2v) is 29.9. The fourth-order valence-corrected chi connectivity index (χ4v) is 28.4. The zero-order chi connectivity index (χ0) is 32.9. The maximum atomic E-state index is 6.09. The Morgan fingerprint density at radius 3 is 2.02 bits per heavy atom. The molecular formula is C40H54N2OS3Sn. The first-order valence-corrected chi connectivity index (χ1v) is 28.2. The van der Waals surface area contributed by atoms with Crippen LogP contribution in [0.3, 0.4) is 0 Å². The summed E-state index contributed by atoms with van der Waals surface area (Å²) in [5.41, 5.74) is 7.04. The van der Waals surface area contributed by atoms with Crippen molar-refractivity contribution in [2.45, 2.75) is 118 Å². The van der Waals surface area contributed by atoms with E-state index in [1.807, 2.05) is 11.3 Å². The van der Waals surface area contributed by atoms with Gasteiger partial charge in [-0.05, 0) is 6.42 Å². The van der Waals surface area contributed by atoms with Crippen LogP contribution in [-0.2, 0) is 0 Å². The van der Waals surface area contributed by atoms with Crippen LogP contribution in [0.15, 0.2) is 60.0 Å². The van der Waals surface area contributed by atoms with E-state index in [1.165, 1.54) is 128 Å². The van der Waals surface area contributed by atoms with Crippen molar-refractivity contribution in [3.8, 4) is 37.8 Å². The summed E-state index contributed by atoms with van der Waals surface area (Å²) in [6, 6.07) is 20.6. The zero-order valence-electron chi connectivity index (χ0n) is 29.1. The molecule has 2 aromatic carbocycles. The molecule has 0 N–H and O–H groups in total. The van der Waals surface area contributed by atoms with Crippen LogP contribution in [0.25, 0.3) is 43.0 Å². The summed E-state index contributed by atoms with van der Waals surface area (Å²) in [6.45, 7) is 10.2. The Kier molecular flexibility index (Phi) is 14.7. The van der Waals surface area contributed by atoms with Gasteiger partial charge in [0.05, 0.1) is 6.61 Å². The van der Waals surface area contributed by atoms with Crippen molar-refractivity contribution < 1.29 is 4.74 Å². The standard InChI is InChI=1S/C28H27N2OS3.3C4H9.Sn/c1-2-3-4-5-6-7-15-31-22-12-10-20(11-13-22)23-14-17-33-28(23)21-18-24(26-9-8-16-32-26)27-25(19-21)29-34-30-27;3*1-3-4-2;/h8-14,17-19H,2-7,15H2,1H3;3*1,3-4H2,2H3;. The van der Waals surface area contributed by atoms with Gasteiger partial charge in [-0.1, -0.05) is 39.0 Å². The van der Waals surface area contributed by atoms with Crippen molar-refractivity contribution in [1.82, 2.24) is 8.75 Å². The maximum absolute atomic E-state index is 6.09. The Hall–Kier alpha value is -1.74. The molecule has 7 heteroatoms. The summed E-state index contributed by atoms with van der Waals surface area (Å²) in [4.78, 5) is 2.66. The number of benzene rings is 2. The predicted octanol–water partition coefficient (Wildman–Crippen LogP) is 13.6. The Labute approximate surface area is 300 Å². The Morgan fingerprint density at radius 1 is 0.638 bits per heavy atom. The molecule has 0 unspecified atom stereocenters. The molecule has 0 radical (unpaired) electrons. The van der Waals surface area contributed by atoms with E-state index in [4.69, 9.17) is 13.5 Å². The Morgan fingerprint density at radius 2 is 1.32 bits per heavy atom. The Bertz CT molecular complexity index is 1610. The van der Waals surface area contributed by atoms with Crippen molar-refractivity contribution >= 4 is 66.7 Å². The molecule has 0 aliphatic rings. The molecule has 0 saturated heterocycles. The predicted molar refractivity (Wildman–Crippen MR) is 213 cm³/mol. The molecule has 0 aliphatic heterocycles. The SMILES string of the molecule is CCCCCCCCOc1ccc(-c2ccsc2-c2cc(-c3cc[c]([Sn]([CH2]CCC)([CH2]CCC)[CH2]CCC)s3)c3nsnc3c2)cc1. The van der Waals surface area contributed by atoms with Gasteiger partial charge in [0, 0.05) is 0 Å². The number of hydrogen-bond acceptors (Lipinski definition) is 6. The number of ether oxygens (including phenoxy) is 1. The topological polar surface area (TPSA) is 35.0 Å². The van der Waals surface area contributed by atoms with Gasteiger partial charge in [-0.2, -0.15) is 0 Å². The number of fused-ring (bicyclic) bond motifs is 1. The molecule has 3 heterocycles. The fraction of sp³-hybridized carbons (Fsp3) is 0.500. The minimum absolute atomic E-state index is 0.796. The van der Waals surface area contributed by atoms with Crippen LogP contribution in [0.1, 0.15) is 105 Å². The van der Waals surface area contributed by atoms with E-state index in [9.17, 15) is 0 Å². The Balaban J connectivity index is 1.40. The molecule has 0 amide bonds. The molecule has 0 aliphatic carbocycles. The van der Waals surface area contributed by atoms with Gasteiger partial charge in [0.1, 0.15) is 0 Å². The molecule has 0 spiro atoms. The molecule has 3 nitrogen and oxygen atoms in total. The average molecular weight is 794 g/mol. The summed E-state index contributed by atoms with van der Waals surface area (Å²) in [6.07, 6.45) is 15.8. The molecule has 47 heavy (non-hydrogen) atoms. The van der Waals surface area contributed by atoms with Gasteiger partial charge in [-0.3, -0.25) is 0 Å². The molecule has 5 aromatic rings. The number of unbranched alkanes of at least 4 members (excludes halogenated alkanes) is 8. The van der Waals surface area contributed by atoms with Crippen LogP contribution in [-0.4, -0.2) is 33.7 Å². The third-order valence-electron chi connectivity index (χ3n) is 9.64. The van der Waals surface area contributed by atoms with E-state index < -0.39 is 18.4 Å². The van der Waals surface area contributed by atoms with Gasteiger partial charge in [-0.25, -0.2) is 0 Å². The second kappa shape index (κ2) is 18.9. The first kappa shape index (κ1) is 36.5. The molecule has 0 bridgehead atoms. The third-order valence-corrected chi connectivity index (χ3v) is 30.5. The molecule has 0 saturated carbocycles. The van der Waals surface area contributed by atoms with Crippen molar-refractivity contribution in [2.24, 2.45) is 0 Å². The van der Waals surface area contributed by atoms with E-state index >= 15 is 0 Å². The molecule has 0 fully saturated rings. The van der Waals surface area contributed by atoms with Crippen LogP contribution >= 0.6 is 34.4 Å². The van der Waals surface area contributed by atoms with Crippen LogP contribution in [0.2, 0.25) is 13.3 Å². The number of nitrogens with zero attached hydrogens (tertiary/aromatic N) is 2. The van der Waals surface area contributed by atoms with Crippen molar-refractivity contribution in [2.75, 3.05) is 6.61 Å². The van der Waals surface area contributed by atoms with Crippen LogP contribution in [0.5, 0.6) is 5.75 Å². The minimum atomic E-state index is -2.51. The third kappa shape index (κ3) is 9.49. The summed E-state index contributed by atoms with van der Waals surface area (Å²) in [7, 11) is 0. The fourth-order valence-electron chi connectivity index (χ4n) is 6.83. The van der Waals surface area contributed by atoms with E-state index in [1.54, 1.807) is 2.89 Å². The first-order chi connectivity index (χ1) is 23.1. The van der Waals surface area contributed by atoms with Gasteiger partial charge < -0.3 is 4.74 Å². The number of rotatable bonds is 21. The normalized spacial score (nSPS) is 11.9. The van der Waals surface area contributed by atoms with Gasteiger partial charge in [0.15, 0.2) is 0 Å². The summed E-state index contributed by atoms with van der Waals surface area (Å²) >= 11 is 2.74. The molecule has 3 aromatic heterocycles. The van der Waals surface area contributed by atoms with Crippen LogP contribution < -0.4 is 7.63 Å². The van der Waals surface area contributed by atoms with Crippen LogP contribution in [0.4, 0.5) is 0 Å². The number of thiophene rings is 2. The van der Waals surface area contributed by atoms with E-state index in [0.29, 0.717) is 0 Å². The van der Waals surface area contributed by atoms with Crippen LogP contribution in [0, 0.1) is 0 Å². The number of aromatic nitrogens is 2. The molecule has 252 valence electrons. The molecule has 5 rings (SSSR count). The summed E-state index contributed by atoms with van der Waals surface area (Å²) in [5, 5.41) is 2.22. The average Bonchev–Trinajstić information content (AvgIpc) is 3.89. The van der Waals surface area contributed by atoms with Crippen molar-refractivity contribution in [3.63, 3.8) is 0 Å². The van der Waals surface area contributed by atoms with Crippen molar-refractivity contribution in [1.29, 1.82) is 0 Å². The van der Waals surface area contributed by atoms with E-state index in [-0.39, 0.29) is 0 Å². The molecular weight excluding hydrogens is 739 g/mol. The first-order valence-electron chi connectivity index (χ1n) is 18.3. The summed E-state index contributed by atoms with van der Waals surface area (Å²) < 4.78 is 21.9. The number of hydrogen-bond donors (Lipinski definition) is 0. The van der Waals surface area contributed by atoms with E-state index in [0.717, 1.165) is 29.8 Å². The monoisotopic (exact) mass is 794 g/mol. The summed E-state index contributed by atoms with van der Waals surface area (Å²) in [5.74, 6) is 0.961. The molecule has 0 atom stereocenters.